The fourth-order valence-electron chi connectivity index (χ4n) is 4.68. The van der Waals surface area contributed by atoms with Gasteiger partial charge in [-0.05, 0) is 42.5 Å². The van der Waals surface area contributed by atoms with E-state index in [-0.39, 0.29) is 43.3 Å². The Labute approximate surface area is 193 Å². The monoisotopic (exact) mass is 476 g/mol. The van der Waals surface area contributed by atoms with Gasteiger partial charge in [0.25, 0.3) is 0 Å². The quantitative estimate of drug-likeness (QED) is 0.610. The summed E-state index contributed by atoms with van der Waals surface area (Å²) in [4.78, 5) is 22.0. The molecule has 1 amide bonds. The van der Waals surface area contributed by atoms with E-state index in [9.17, 15) is 23.2 Å². The number of hydrogen-bond donors (Lipinski definition) is 2. The highest BCUT2D eigenvalue weighted by molar-refractivity contribution is 7.97. The van der Waals surface area contributed by atoms with Gasteiger partial charge >= 0.3 is 5.51 Å². The maximum Gasteiger partial charge on any atom is 0.456 e. The van der Waals surface area contributed by atoms with Gasteiger partial charge < -0.3 is 10.3 Å². The lowest BCUT2D eigenvalue weighted by atomic mass is 9.84. The summed E-state index contributed by atoms with van der Waals surface area (Å²) in [5.74, 6) is 0.582. The Bertz CT molecular complexity index is 1140. The summed E-state index contributed by atoms with van der Waals surface area (Å²) < 4.78 is 39.4. The zero-order chi connectivity index (χ0) is 23.2. The Balaban J connectivity index is 1.34. The molecular formula is C22H23F3N6OS. The number of rotatable bonds is 6. The van der Waals surface area contributed by atoms with Crippen molar-refractivity contribution in [3.63, 3.8) is 0 Å². The Morgan fingerprint density at radius 3 is 2.82 bits per heavy atom. The van der Waals surface area contributed by atoms with E-state index < -0.39 is 11.0 Å². The van der Waals surface area contributed by atoms with Crippen molar-refractivity contribution in [2.45, 2.75) is 36.7 Å². The molecule has 2 aromatic rings. The molecular weight excluding hydrogens is 453 g/mol. The Kier molecular flexibility index (Phi) is 5.63. The van der Waals surface area contributed by atoms with Crippen molar-refractivity contribution >= 4 is 40.3 Å². The van der Waals surface area contributed by atoms with Crippen LogP contribution in [0.5, 0.6) is 0 Å². The fourth-order valence-corrected chi connectivity index (χ4v) is 5.58. The Morgan fingerprint density at radius 1 is 1.39 bits per heavy atom. The van der Waals surface area contributed by atoms with Gasteiger partial charge in [-0.2, -0.15) is 18.4 Å². The lowest BCUT2D eigenvalue weighted by Crippen LogP contribution is -2.69. The van der Waals surface area contributed by atoms with Crippen LogP contribution in [0, 0.1) is 17.2 Å². The maximum atomic E-state index is 12.7. The standard InChI is InChI=1S/C22H23F3N6OS/c23-22(24,25)33-31-12-21(13-31,6-7-26)30-9-4-14(5-10-30)17-11-18(29-20(32)15-1-2-15)28-19-16(17)3-8-27-19/h3-4,8,11,15H,1-2,5-6,9-10,12-13H2,(H2,27,28,29,32). The summed E-state index contributed by atoms with van der Waals surface area (Å²) in [5.41, 5.74) is -2.08. The molecule has 0 unspecified atom stereocenters. The molecule has 0 atom stereocenters. The lowest BCUT2D eigenvalue weighted by Gasteiger charge is -2.55. The second-order valence-electron chi connectivity index (χ2n) is 8.88. The second kappa shape index (κ2) is 8.34. The van der Waals surface area contributed by atoms with Gasteiger partial charge in [0.2, 0.25) is 5.91 Å². The summed E-state index contributed by atoms with van der Waals surface area (Å²) in [6.07, 6.45) is 6.60. The molecule has 1 aliphatic carbocycles. The van der Waals surface area contributed by atoms with Crippen LogP contribution in [-0.4, -0.2) is 62.3 Å². The number of pyridine rings is 1. The van der Waals surface area contributed by atoms with Crippen LogP contribution in [0.3, 0.4) is 0 Å². The zero-order valence-electron chi connectivity index (χ0n) is 17.8. The molecule has 5 rings (SSSR count). The van der Waals surface area contributed by atoms with E-state index >= 15 is 0 Å². The van der Waals surface area contributed by atoms with E-state index in [0.29, 0.717) is 31.0 Å². The van der Waals surface area contributed by atoms with Gasteiger partial charge in [-0.1, -0.05) is 6.08 Å². The molecule has 4 heterocycles. The van der Waals surface area contributed by atoms with Crippen molar-refractivity contribution < 1.29 is 18.0 Å². The minimum atomic E-state index is -4.32. The molecule has 3 aliphatic rings. The number of nitrogens with zero attached hydrogens (tertiary/aromatic N) is 4. The third kappa shape index (κ3) is 4.60. The molecule has 0 radical (unpaired) electrons. The van der Waals surface area contributed by atoms with Crippen molar-refractivity contribution in [2.24, 2.45) is 5.92 Å². The topological polar surface area (TPSA) is 88.0 Å². The van der Waals surface area contributed by atoms with Crippen LogP contribution in [0.4, 0.5) is 19.0 Å². The highest BCUT2D eigenvalue weighted by Gasteiger charge is 2.51. The number of aromatic nitrogens is 2. The van der Waals surface area contributed by atoms with Gasteiger partial charge in [-0.3, -0.25) is 9.69 Å². The van der Waals surface area contributed by atoms with Crippen LogP contribution in [0.2, 0.25) is 0 Å². The zero-order valence-corrected chi connectivity index (χ0v) is 18.6. The van der Waals surface area contributed by atoms with Crippen molar-refractivity contribution in [2.75, 3.05) is 31.5 Å². The summed E-state index contributed by atoms with van der Waals surface area (Å²) in [7, 11) is 0. The first-order valence-electron chi connectivity index (χ1n) is 10.9. The van der Waals surface area contributed by atoms with Crippen LogP contribution in [0.1, 0.15) is 31.2 Å². The number of alkyl halides is 3. The van der Waals surface area contributed by atoms with E-state index in [1.165, 1.54) is 4.31 Å². The summed E-state index contributed by atoms with van der Waals surface area (Å²) in [5, 5.41) is 13.2. The third-order valence-corrected chi connectivity index (χ3v) is 7.26. The number of halogens is 3. The van der Waals surface area contributed by atoms with Gasteiger partial charge in [-0.25, -0.2) is 9.29 Å². The number of H-pyrrole nitrogens is 1. The normalized spacial score (nSPS) is 21.3. The maximum absolute atomic E-state index is 12.7. The lowest BCUT2D eigenvalue weighted by molar-refractivity contribution is -0.117. The number of nitriles is 1. The minimum absolute atomic E-state index is 0.00661. The van der Waals surface area contributed by atoms with Gasteiger partial charge in [-0.15, -0.1) is 0 Å². The van der Waals surface area contributed by atoms with Crippen molar-refractivity contribution in [1.82, 2.24) is 19.2 Å². The smallest absolute Gasteiger partial charge is 0.346 e. The van der Waals surface area contributed by atoms with Crippen molar-refractivity contribution in [3.8, 4) is 6.07 Å². The predicted molar refractivity (Wildman–Crippen MR) is 120 cm³/mol. The SMILES string of the molecule is N#CCC1(N2CC=C(c3cc(NC(=O)C4CC4)nc4[nH]ccc34)CC2)CN(SC(F)(F)F)C1. The molecule has 2 fully saturated rings. The van der Waals surface area contributed by atoms with Gasteiger partial charge in [0.1, 0.15) is 11.5 Å². The second-order valence-corrected chi connectivity index (χ2v) is 10.0. The Hall–Kier alpha value is -2.55. The molecule has 2 aliphatic heterocycles. The van der Waals surface area contributed by atoms with E-state index in [1.54, 1.807) is 0 Å². The van der Waals surface area contributed by atoms with Crippen LogP contribution in [-0.2, 0) is 4.79 Å². The molecule has 11 heteroatoms. The first-order valence-corrected chi connectivity index (χ1v) is 11.6. The number of amides is 1. The van der Waals surface area contributed by atoms with Crippen LogP contribution in [0.15, 0.2) is 24.4 Å². The van der Waals surface area contributed by atoms with Crippen LogP contribution < -0.4 is 5.32 Å². The number of carbonyl (C=O) groups is 1. The highest BCUT2D eigenvalue weighted by Crippen LogP contribution is 2.43. The van der Waals surface area contributed by atoms with Gasteiger partial charge in [0.05, 0.1) is 18.0 Å². The molecule has 1 saturated heterocycles. The van der Waals surface area contributed by atoms with Crippen molar-refractivity contribution in [3.05, 3.63) is 30.0 Å². The largest absolute Gasteiger partial charge is 0.456 e. The molecule has 33 heavy (non-hydrogen) atoms. The number of nitrogens with one attached hydrogen (secondary N) is 2. The summed E-state index contributed by atoms with van der Waals surface area (Å²) in [6, 6.07) is 6.01. The number of hydrogen-bond acceptors (Lipinski definition) is 6. The van der Waals surface area contributed by atoms with Crippen LogP contribution in [0.25, 0.3) is 16.6 Å². The number of anilines is 1. The van der Waals surface area contributed by atoms with E-state index in [2.05, 4.69) is 32.3 Å². The van der Waals surface area contributed by atoms with Crippen molar-refractivity contribution in [1.29, 1.82) is 5.26 Å². The fraction of sp³-hybridized carbons (Fsp3) is 0.500. The van der Waals surface area contributed by atoms with E-state index in [0.717, 1.165) is 29.4 Å². The number of fused-ring (bicyclic) bond motifs is 1. The molecule has 2 aromatic heterocycles. The average Bonchev–Trinajstić information content (AvgIpc) is 3.49. The van der Waals surface area contributed by atoms with Gasteiger partial charge in [0.15, 0.2) is 0 Å². The number of aromatic amines is 1. The number of carbonyl (C=O) groups excluding carboxylic acids is 1. The predicted octanol–water partition coefficient (Wildman–Crippen LogP) is 4.14. The molecule has 0 bridgehead atoms. The Morgan fingerprint density at radius 2 is 2.18 bits per heavy atom. The molecule has 2 N–H and O–H groups in total. The molecule has 1 saturated carbocycles. The highest BCUT2D eigenvalue weighted by atomic mass is 32.2. The summed E-state index contributed by atoms with van der Waals surface area (Å²) in [6.45, 7) is 1.63. The van der Waals surface area contributed by atoms with E-state index in [1.807, 2.05) is 18.3 Å². The molecule has 174 valence electrons. The minimum Gasteiger partial charge on any atom is -0.346 e. The molecule has 7 nitrogen and oxygen atoms in total. The average molecular weight is 477 g/mol. The molecule has 0 spiro atoms. The third-order valence-electron chi connectivity index (χ3n) is 6.54. The van der Waals surface area contributed by atoms with Gasteiger partial charge in [0, 0.05) is 55.6 Å². The first-order chi connectivity index (χ1) is 15.8. The molecule has 0 aromatic carbocycles. The van der Waals surface area contributed by atoms with E-state index in [4.69, 9.17) is 0 Å². The first kappa shape index (κ1) is 22.3. The van der Waals surface area contributed by atoms with Crippen LogP contribution >= 0.6 is 11.9 Å². The summed E-state index contributed by atoms with van der Waals surface area (Å²) >= 11 is -0.115.